The summed E-state index contributed by atoms with van der Waals surface area (Å²) in [5.41, 5.74) is 13.0. The summed E-state index contributed by atoms with van der Waals surface area (Å²) in [7, 11) is 0. The Labute approximate surface area is 360 Å². The molecule has 0 saturated heterocycles. The predicted molar refractivity (Wildman–Crippen MR) is 262 cm³/mol. The molecule has 0 amide bonds. The quantitative estimate of drug-likeness (QED) is 0.166. The fourth-order valence-electron chi connectivity index (χ4n) is 9.64. The lowest BCUT2D eigenvalue weighted by molar-refractivity contribution is 1.25. The first-order chi connectivity index (χ1) is 30.6. The van der Waals surface area contributed by atoms with Gasteiger partial charge in [-0.15, -0.1) is 11.3 Å². The summed E-state index contributed by atoms with van der Waals surface area (Å²) in [4.78, 5) is 5.45. The van der Waals surface area contributed by atoms with Gasteiger partial charge in [-0.05, 0) is 137 Å². The summed E-state index contributed by atoms with van der Waals surface area (Å²) in [6, 6.07) is 74.6. The minimum atomic E-state index is 0.668. The van der Waals surface area contributed by atoms with Crippen molar-refractivity contribution in [3.8, 4) is 50.7 Å². The zero-order valence-corrected chi connectivity index (χ0v) is 34.1. The second-order valence-electron chi connectivity index (χ2n) is 16.3. The van der Waals surface area contributed by atoms with Crippen LogP contribution >= 0.6 is 11.3 Å². The van der Waals surface area contributed by atoms with Crippen molar-refractivity contribution in [1.29, 1.82) is 5.26 Å². The van der Waals surface area contributed by atoms with Gasteiger partial charge in [-0.25, -0.2) is 4.98 Å². The maximum absolute atomic E-state index is 9.23. The summed E-state index contributed by atoms with van der Waals surface area (Å²) in [6.45, 7) is 0. The van der Waals surface area contributed by atoms with Crippen LogP contribution in [0.15, 0.2) is 200 Å². The standard InChI is InChI=1S/C58H33N3S/c59-34-35-13-15-36(16-14-35)37-17-19-38(20-18-37)47-25-26-48(50-12-6-5-11-49(47)50)39-21-23-40(24-22-39)54-33-52-51-29-43-9-3-4-10-44(43)32-56(51)62-57(52)58-60-53-30-45-27-41-7-1-2-8-42(41)28-46(45)31-55(53)61(54)58/h1-33H. The molecule has 0 fully saturated rings. The van der Waals surface area contributed by atoms with Crippen molar-refractivity contribution >= 4 is 91.3 Å². The second-order valence-corrected chi connectivity index (χ2v) is 17.3. The van der Waals surface area contributed by atoms with Crippen molar-refractivity contribution in [2.75, 3.05) is 0 Å². The van der Waals surface area contributed by atoms with E-state index >= 15 is 0 Å². The molecule has 13 aromatic rings. The molecular formula is C58H33N3S. The van der Waals surface area contributed by atoms with E-state index in [0.29, 0.717) is 5.56 Å². The summed E-state index contributed by atoms with van der Waals surface area (Å²) >= 11 is 1.84. The molecule has 3 aromatic heterocycles. The highest BCUT2D eigenvalue weighted by Crippen LogP contribution is 2.43. The summed E-state index contributed by atoms with van der Waals surface area (Å²) < 4.78 is 4.87. The Morgan fingerprint density at radius 3 is 1.55 bits per heavy atom. The third kappa shape index (κ3) is 5.39. The van der Waals surface area contributed by atoms with Crippen molar-refractivity contribution in [3.05, 3.63) is 206 Å². The highest BCUT2D eigenvalue weighted by atomic mass is 32.1. The van der Waals surface area contributed by atoms with E-state index in [1.807, 2.05) is 35.6 Å². The van der Waals surface area contributed by atoms with Crippen molar-refractivity contribution in [3.63, 3.8) is 0 Å². The Morgan fingerprint density at radius 2 is 0.935 bits per heavy atom. The van der Waals surface area contributed by atoms with Crippen LogP contribution in [0.5, 0.6) is 0 Å². The molecule has 0 aliphatic heterocycles. The molecule has 0 unspecified atom stereocenters. The topological polar surface area (TPSA) is 41.1 Å². The highest BCUT2D eigenvalue weighted by molar-refractivity contribution is 7.26. The lowest BCUT2D eigenvalue weighted by Crippen LogP contribution is -1.93. The third-order valence-corrected chi connectivity index (χ3v) is 13.9. The molecule has 0 aliphatic carbocycles. The van der Waals surface area contributed by atoms with Gasteiger partial charge in [0.2, 0.25) is 0 Å². The van der Waals surface area contributed by atoms with Crippen LogP contribution in [0.3, 0.4) is 0 Å². The van der Waals surface area contributed by atoms with E-state index in [4.69, 9.17) is 4.98 Å². The fraction of sp³-hybridized carbons (Fsp3) is 0. The molecule has 0 atom stereocenters. The number of nitriles is 1. The fourth-order valence-corrected chi connectivity index (χ4v) is 10.8. The minimum absolute atomic E-state index is 0.668. The second kappa shape index (κ2) is 13.5. The molecule has 0 saturated carbocycles. The van der Waals surface area contributed by atoms with E-state index in [2.05, 4.69) is 186 Å². The van der Waals surface area contributed by atoms with Gasteiger partial charge in [-0.2, -0.15) is 5.26 Å². The maximum Gasteiger partial charge on any atom is 0.156 e. The molecule has 4 heteroatoms. The van der Waals surface area contributed by atoms with E-state index in [1.165, 1.54) is 85.5 Å². The molecule has 0 bridgehead atoms. The van der Waals surface area contributed by atoms with E-state index in [0.717, 1.165) is 39.1 Å². The molecule has 62 heavy (non-hydrogen) atoms. The van der Waals surface area contributed by atoms with Gasteiger partial charge in [-0.3, -0.25) is 4.40 Å². The van der Waals surface area contributed by atoms with E-state index in [1.54, 1.807) is 0 Å². The molecule has 3 heterocycles. The maximum atomic E-state index is 9.23. The molecule has 0 N–H and O–H groups in total. The average molecular weight is 804 g/mol. The summed E-state index contributed by atoms with van der Waals surface area (Å²) in [5.74, 6) is 0. The van der Waals surface area contributed by atoms with Gasteiger partial charge >= 0.3 is 0 Å². The first-order valence-corrected chi connectivity index (χ1v) is 21.7. The molecule has 286 valence electrons. The number of rotatable bonds is 4. The van der Waals surface area contributed by atoms with Gasteiger partial charge in [0.1, 0.15) is 0 Å². The first-order valence-electron chi connectivity index (χ1n) is 20.9. The first kappa shape index (κ1) is 34.7. The molecule has 0 aliphatic rings. The van der Waals surface area contributed by atoms with Crippen LogP contribution in [-0.4, -0.2) is 9.38 Å². The molecule has 3 nitrogen and oxygen atoms in total. The minimum Gasteiger partial charge on any atom is -0.291 e. The van der Waals surface area contributed by atoms with Crippen molar-refractivity contribution < 1.29 is 0 Å². The molecule has 0 spiro atoms. The Balaban J connectivity index is 0.960. The monoisotopic (exact) mass is 803 g/mol. The summed E-state index contributed by atoms with van der Waals surface area (Å²) in [5, 5.41) is 21.5. The third-order valence-electron chi connectivity index (χ3n) is 12.8. The highest BCUT2D eigenvalue weighted by Gasteiger charge is 2.20. The number of aromatic nitrogens is 2. The van der Waals surface area contributed by atoms with Crippen molar-refractivity contribution in [2.24, 2.45) is 0 Å². The van der Waals surface area contributed by atoms with Gasteiger partial charge in [0.25, 0.3) is 0 Å². The molecular weight excluding hydrogens is 771 g/mol. The zero-order valence-electron chi connectivity index (χ0n) is 33.3. The van der Waals surface area contributed by atoms with E-state index in [-0.39, 0.29) is 0 Å². The molecule has 10 aromatic carbocycles. The number of pyridine rings is 1. The Bertz CT molecular complexity index is 4000. The van der Waals surface area contributed by atoms with Crippen LogP contribution in [0.4, 0.5) is 0 Å². The van der Waals surface area contributed by atoms with Gasteiger partial charge in [0.15, 0.2) is 5.65 Å². The van der Waals surface area contributed by atoms with Crippen LogP contribution in [0, 0.1) is 11.3 Å². The van der Waals surface area contributed by atoms with Crippen LogP contribution in [0.25, 0.3) is 125 Å². The Morgan fingerprint density at radius 1 is 0.419 bits per heavy atom. The largest absolute Gasteiger partial charge is 0.291 e. The molecule has 13 rings (SSSR count). The van der Waals surface area contributed by atoms with Crippen LogP contribution in [0.2, 0.25) is 0 Å². The van der Waals surface area contributed by atoms with Crippen molar-refractivity contribution in [2.45, 2.75) is 0 Å². The Hall–Kier alpha value is -8.10. The smallest absolute Gasteiger partial charge is 0.156 e. The zero-order chi connectivity index (χ0) is 40.9. The van der Waals surface area contributed by atoms with Crippen molar-refractivity contribution in [1.82, 2.24) is 9.38 Å². The predicted octanol–water partition coefficient (Wildman–Crippen LogP) is 16.0. The molecule has 0 radical (unpaired) electrons. The van der Waals surface area contributed by atoms with Gasteiger partial charge in [0.05, 0.1) is 33.1 Å². The normalized spacial score (nSPS) is 11.9. The lowest BCUT2D eigenvalue weighted by Gasteiger charge is -2.14. The van der Waals surface area contributed by atoms with Crippen LogP contribution < -0.4 is 0 Å². The number of fused-ring (bicyclic) bond motifs is 11. The number of imidazole rings is 1. The van der Waals surface area contributed by atoms with Crippen LogP contribution in [-0.2, 0) is 0 Å². The SMILES string of the molecule is N#Cc1ccc(-c2ccc(-c3ccc(-c4ccc(-c5cc6c7cc8ccccc8cc7sc6c6nc7cc8cc9ccccc9cc8cc7n56)cc4)c4ccccc34)cc2)cc1. The number of thiophene rings is 1. The van der Waals surface area contributed by atoms with Gasteiger partial charge < -0.3 is 0 Å². The summed E-state index contributed by atoms with van der Waals surface area (Å²) in [6.07, 6.45) is 0. The average Bonchev–Trinajstić information content (AvgIpc) is 3.89. The van der Waals surface area contributed by atoms with E-state index in [9.17, 15) is 5.26 Å². The number of hydrogen-bond donors (Lipinski definition) is 0. The van der Waals surface area contributed by atoms with Gasteiger partial charge in [-0.1, -0.05) is 146 Å². The van der Waals surface area contributed by atoms with Gasteiger partial charge in [0, 0.05) is 15.5 Å². The number of benzene rings is 10. The van der Waals surface area contributed by atoms with Crippen LogP contribution in [0.1, 0.15) is 5.56 Å². The number of hydrogen-bond acceptors (Lipinski definition) is 3. The van der Waals surface area contributed by atoms with E-state index < -0.39 is 0 Å². The lowest BCUT2D eigenvalue weighted by atomic mass is 9.91. The Kier molecular flexibility index (Phi) is 7.54. The number of nitrogens with zero attached hydrogens (tertiary/aromatic N) is 3.